The Balaban J connectivity index is 1.71. The summed E-state index contributed by atoms with van der Waals surface area (Å²) in [5, 5.41) is 6.02. The molecule has 2 aliphatic rings. The van der Waals surface area contributed by atoms with E-state index in [9.17, 15) is 4.79 Å². The van der Waals surface area contributed by atoms with E-state index in [1.54, 1.807) is 0 Å². The first-order valence-corrected chi connectivity index (χ1v) is 6.34. The number of hydrogen-bond donors (Lipinski definition) is 2. The van der Waals surface area contributed by atoms with Crippen molar-refractivity contribution < 1.29 is 4.79 Å². The molecule has 2 fully saturated rings. The Kier molecular flexibility index (Phi) is 3.38. The molecule has 0 aromatic heterocycles. The van der Waals surface area contributed by atoms with E-state index in [4.69, 9.17) is 0 Å². The number of nitrogens with zero attached hydrogens (tertiary/aromatic N) is 1. The molecule has 92 valence electrons. The number of urea groups is 1. The summed E-state index contributed by atoms with van der Waals surface area (Å²) in [7, 11) is 4.20. The number of likely N-dealkylation sites (N-methyl/N-ethyl adjacent to an activating group) is 1. The fourth-order valence-corrected chi connectivity index (χ4v) is 2.40. The minimum absolute atomic E-state index is 0.0119. The lowest BCUT2D eigenvalue weighted by Gasteiger charge is -2.47. The van der Waals surface area contributed by atoms with Crippen molar-refractivity contribution in [3.05, 3.63) is 0 Å². The van der Waals surface area contributed by atoms with Crippen LogP contribution in [0.3, 0.4) is 0 Å². The predicted octanol–water partition coefficient (Wildman–Crippen LogP) is 1.32. The van der Waals surface area contributed by atoms with Crippen molar-refractivity contribution in [1.82, 2.24) is 15.5 Å². The topological polar surface area (TPSA) is 44.4 Å². The molecule has 2 N–H and O–H groups in total. The van der Waals surface area contributed by atoms with Crippen LogP contribution in [0, 0.1) is 0 Å². The lowest BCUT2D eigenvalue weighted by Crippen LogP contribution is -2.59. The quantitative estimate of drug-likeness (QED) is 0.758. The number of amides is 2. The van der Waals surface area contributed by atoms with Crippen LogP contribution in [0.4, 0.5) is 4.79 Å². The van der Waals surface area contributed by atoms with Gasteiger partial charge < -0.3 is 15.5 Å². The highest BCUT2D eigenvalue weighted by atomic mass is 16.2. The van der Waals surface area contributed by atoms with Crippen molar-refractivity contribution in [2.24, 2.45) is 0 Å². The van der Waals surface area contributed by atoms with Gasteiger partial charge in [0.2, 0.25) is 0 Å². The van der Waals surface area contributed by atoms with Gasteiger partial charge in [-0.3, -0.25) is 0 Å². The first kappa shape index (κ1) is 11.7. The van der Waals surface area contributed by atoms with Gasteiger partial charge in [0, 0.05) is 18.1 Å². The van der Waals surface area contributed by atoms with Gasteiger partial charge in [-0.2, -0.15) is 0 Å². The van der Waals surface area contributed by atoms with Crippen LogP contribution in [0.15, 0.2) is 0 Å². The van der Waals surface area contributed by atoms with Crippen molar-refractivity contribution in [2.45, 2.75) is 50.1 Å². The van der Waals surface area contributed by atoms with Gasteiger partial charge in [-0.15, -0.1) is 0 Å². The van der Waals surface area contributed by atoms with E-state index in [0.717, 1.165) is 19.4 Å². The molecule has 0 spiro atoms. The smallest absolute Gasteiger partial charge is 0.315 e. The minimum atomic E-state index is 0.0119. The van der Waals surface area contributed by atoms with E-state index in [-0.39, 0.29) is 11.6 Å². The third kappa shape index (κ3) is 2.32. The van der Waals surface area contributed by atoms with Crippen molar-refractivity contribution in [1.29, 1.82) is 0 Å². The van der Waals surface area contributed by atoms with Gasteiger partial charge in [-0.05, 0) is 52.6 Å². The first-order valence-electron chi connectivity index (χ1n) is 6.34. The molecular weight excluding hydrogens is 202 g/mol. The average molecular weight is 225 g/mol. The minimum Gasteiger partial charge on any atom is -0.336 e. The maximum atomic E-state index is 11.6. The van der Waals surface area contributed by atoms with Crippen LogP contribution in [0.1, 0.15) is 38.5 Å². The van der Waals surface area contributed by atoms with Gasteiger partial charge in [0.1, 0.15) is 0 Å². The number of rotatable bonds is 4. The van der Waals surface area contributed by atoms with Gasteiger partial charge in [-0.25, -0.2) is 4.79 Å². The second kappa shape index (κ2) is 4.62. The Labute approximate surface area is 97.8 Å². The fraction of sp³-hybridized carbons (Fsp3) is 0.917. The molecule has 0 aromatic carbocycles. The van der Waals surface area contributed by atoms with Crippen molar-refractivity contribution in [2.75, 3.05) is 20.6 Å². The predicted molar refractivity (Wildman–Crippen MR) is 64.4 cm³/mol. The van der Waals surface area contributed by atoms with Gasteiger partial charge in [0.05, 0.1) is 0 Å². The summed E-state index contributed by atoms with van der Waals surface area (Å²) in [5.41, 5.74) is 0.219. The third-order valence-electron chi connectivity index (χ3n) is 4.25. The molecule has 2 aliphatic carbocycles. The van der Waals surface area contributed by atoms with Gasteiger partial charge in [-0.1, -0.05) is 0 Å². The first-order chi connectivity index (χ1) is 7.62. The number of carbonyl (C=O) groups is 1. The molecule has 4 nitrogen and oxygen atoms in total. The molecule has 0 atom stereocenters. The molecule has 2 amide bonds. The zero-order valence-electron chi connectivity index (χ0n) is 10.4. The molecule has 0 aliphatic heterocycles. The Morgan fingerprint density at radius 1 is 1.31 bits per heavy atom. The van der Waals surface area contributed by atoms with E-state index in [1.165, 1.54) is 25.7 Å². The van der Waals surface area contributed by atoms with E-state index < -0.39 is 0 Å². The summed E-state index contributed by atoms with van der Waals surface area (Å²) in [6, 6.07) is 0.439. The Morgan fingerprint density at radius 3 is 2.38 bits per heavy atom. The molecule has 0 unspecified atom stereocenters. The van der Waals surface area contributed by atoms with Gasteiger partial charge >= 0.3 is 6.03 Å². The second-order valence-corrected chi connectivity index (χ2v) is 5.43. The standard InChI is InChI=1S/C12H23N3O/c1-15(2)12(7-4-8-12)9-13-11(16)14-10-5-3-6-10/h10H,3-9H2,1-2H3,(H2,13,14,16). The van der Waals surface area contributed by atoms with Crippen molar-refractivity contribution in [3.8, 4) is 0 Å². The average Bonchev–Trinajstić information content (AvgIpc) is 2.09. The van der Waals surface area contributed by atoms with E-state index in [0.29, 0.717) is 6.04 Å². The van der Waals surface area contributed by atoms with E-state index in [1.807, 2.05) is 0 Å². The molecule has 0 aromatic rings. The highest BCUT2D eigenvalue weighted by molar-refractivity contribution is 5.74. The zero-order chi connectivity index (χ0) is 11.6. The fourth-order valence-electron chi connectivity index (χ4n) is 2.40. The third-order valence-corrected chi connectivity index (χ3v) is 4.25. The highest BCUT2D eigenvalue weighted by Gasteiger charge is 2.39. The number of carbonyl (C=O) groups excluding carboxylic acids is 1. The largest absolute Gasteiger partial charge is 0.336 e. The number of hydrogen-bond acceptors (Lipinski definition) is 2. The zero-order valence-corrected chi connectivity index (χ0v) is 10.4. The molecule has 0 bridgehead atoms. The van der Waals surface area contributed by atoms with Gasteiger partial charge in [0.25, 0.3) is 0 Å². The normalized spacial score (nSPS) is 23.4. The Morgan fingerprint density at radius 2 is 2.00 bits per heavy atom. The second-order valence-electron chi connectivity index (χ2n) is 5.43. The van der Waals surface area contributed by atoms with Crippen LogP contribution in [-0.4, -0.2) is 43.2 Å². The lowest BCUT2D eigenvalue weighted by molar-refractivity contribution is 0.0622. The summed E-state index contributed by atoms with van der Waals surface area (Å²) in [5.74, 6) is 0. The molecule has 2 saturated carbocycles. The SMILES string of the molecule is CN(C)C1(CNC(=O)NC2CCC2)CCC1. The van der Waals surface area contributed by atoms with Crippen LogP contribution >= 0.6 is 0 Å². The van der Waals surface area contributed by atoms with Crippen LogP contribution in [0.25, 0.3) is 0 Å². The van der Waals surface area contributed by atoms with Crippen molar-refractivity contribution in [3.63, 3.8) is 0 Å². The van der Waals surface area contributed by atoms with Crippen molar-refractivity contribution >= 4 is 6.03 Å². The van der Waals surface area contributed by atoms with Crippen LogP contribution in [0.5, 0.6) is 0 Å². The Hall–Kier alpha value is -0.770. The monoisotopic (exact) mass is 225 g/mol. The lowest BCUT2D eigenvalue weighted by atomic mass is 9.75. The molecule has 0 saturated heterocycles. The molecular formula is C12H23N3O. The van der Waals surface area contributed by atoms with E-state index >= 15 is 0 Å². The summed E-state index contributed by atoms with van der Waals surface area (Å²) in [6.45, 7) is 0.776. The van der Waals surface area contributed by atoms with Crippen LogP contribution in [-0.2, 0) is 0 Å². The van der Waals surface area contributed by atoms with Gasteiger partial charge in [0.15, 0.2) is 0 Å². The molecule has 0 heterocycles. The summed E-state index contributed by atoms with van der Waals surface area (Å²) in [6.07, 6.45) is 7.22. The summed E-state index contributed by atoms with van der Waals surface area (Å²) >= 11 is 0. The Bertz CT molecular complexity index is 257. The summed E-state index contributed by atoms with van der Waals surface area (Å²) < 4.78 is 0. The molecule has 4 heteroatoms. The maximum absolute atomic E-state index is 11.6. The van der Waals surface area contributed by atoms with Crippen LogP contribution in [0.2, 0.25) is 0 Å². The molecule has 0 radical (unpaired) electrons. The molecule has 16 heavy (non-hydrogen) atoms. The highest BCUT2D eigenvalue weighted by Crippen LogP contribution is 2.35. The van der Waals surface area contributed by atoms with E-state index in [2.05, 4.69) is 29.6 Å². The van der Waals surface area contributed by atoms with Crippen LogP contribution < -0.4 is 10.6 Å². The maximum Gasteiger partial charge on any atom is 0.315 e. The summed E-state index contributed by atoms with van der Waals surface area (Å²) in [4.78, 5) is 13.9. The number of nitrogens with one attached hydrogen (secondary N) is 2. The molecule has 2 rings (SSSR count).